The van der Waals surface area contributed by atoms with Gasteiger partial charge in [0.2, 0.25) is 0 Å². The minimum Gasteiger partial charge on any atom is -0.458 e. The van der Waals surface area contributed by atoms with Crippen molar-refractivity contribution in [3.05, 3.63) is 21.3 Å². The maximum absolute atomic E-state index is 8.82. The molecule has 2 rings (SSSR count). The summed E-state index contributed by atoms with van der Waals surface area (Å²) in [5.41, 5.74) is 1.21. The Morgan fingerprint density at radius 2 is 2.14 bits per heavy atom. The predicted molar refractivity (Wildman–Crippen MR) is 97.5 cm³/mol. The Balaban J connectivity index is 2.22. The molecule has 0 atom stereocenters. The molecule has 116 valence electrons. The van der Waals surface area contributed by atoms with Crippen LogP contribution in [0.2, 0.25) is 0 Å². The number of thiol groups is 1. The lowest BCUT2D eigenvalue weighted by Gasteiger charge is -2.22. The molecular formula is C13H16BrNO3S3. The number of fused-ring (bicyclic) bond motifs is 1. The number of thioether (sulfide) groups is 1. The van der Waals surface area contributed by atoms with Gasteiger partial charge in [0, 0.05) is 36.4 Å². The highest BCUT2D eigenvalue weighted by atomic mass is 79.9. The van der Waals surface area contributed by atoms with Crippen LogP contribution in [0.25, 0.3) is 11.2 Å². The molecule has 0 saturated carbocycles. The first-order valence-electron chi connectivity index (χ1n) is 6.42. The van der Waals surface area contributed by atoms with Gasteiger partial charge >= 0.3 is 0 Å². The van der Waals surface area contributed by atoms with Crippen LogP contribution in [0.4, 0.5) is 5.88 Å². The molecular weight excluding hydrogens is 394 g/mol. The van der Waals surface area contributed by atoms with E-state index in [1.807, 2.05) is 6.07 Å². The summed E-state index contributed by atoms with van der Waals surface area (Å²) in [5.74, 6) is 3.08. The lowest BCUT2D eigenvalue weighted by molar-refractivity contribution is 0.322. The summed E-state index contributed by atoms with van der Waals surface area (Å²) in [7, 11) is 0. The van der Waals surface area contributed by atoms with Crippen molar-refractivity contribution in [2.45, 2.75) is 0 Å². The third kappa shape index (κ3) is 4.41. The number of aliphatic hydroxyl groups excluding tert-OH is 1. The molecule has 0 fully saturated rings. The van der Waals surface area contributed by atoms with Crippen LogP contribution in [-0.4, -0.2) is 42.1 Å². The van der Waals surface area contributed by atoms with Gasteiger partial charge in [0.15, 0.2) is 17.1 Å². The normalized spacial score (nSPS) is 11.2. The highest BCUT2D eigenvalue weighted by Gasteiger charge is 2.14. The van der Waals surface area contributed by atoms with E-state index < -0.39 is 0 Å². The van der Waals surface area contributed by atoms with E-state index in [0.29, 0.717) is 21.6 Å². The largest absolute Gasteiger partial charge is 0.458 e. The number of anilines is 1. The average Bonchev–Trinajstić information content (AvgIpc) is 2.84. The molecule has 0 bridgehead atoms. The molecule has 1 N–H and O–H groups in total. The van der Waals surface area contributed by atoms with Crippen LogP contribution in [0, 0.1) is 4.51 Å². The maximum Gasteiger partial charge on any atom is 0.197 e. The highest BCUT2D eigenvalue weighted by molar-refractivity contribution is 9.10. The summed E-state index contributed by atoms with van der Waals surface area (Å²) in [5, 5.41) is 8.82. The smallest absolute Gasteiger partial charge is 0.197 e. The summed E-state index contributed by atoms with van der Waals surface area (Å²) in [6.07, 6.45) is 1.58. The van der Waals surface area contributed by atoms with Crippen molar-refractivity contribution in [3.63, 3.8) is 0 Å². The Morgan fingerprint density at radius 1 is 1.33 bits per heavy atom. The van der Waals surface area contributed by atoms with E-state index in [1.54, 1.807) is 18.0 Å². The summed E-state index contributed by atoms with van der Waals surface area (Å²) < 4.78 is 12.7. The van der Waals surface area contributed by atoms with Crippen molar-refractivity contribution in [3.8, 4) is 0 Å². The predicted octanol–water partition coefficient (Wildman–Crippen LogP) is 3.98. The molecule has 0 unspecified atom stereocenters. The minimum absolute atomic E-state index is 0.200. The van der Waals surface area contributed by atoms with Gasteiger partial charge in [-0.25, -0.2) is 0 Å². The number of hydrogen-bond acceptors (Lipinski definition) is 7. The first-order valence-corrected chi connectivity index (χ1v) is 9.41. The number of furan rings is 1. The van der Waals surface area contributed by atoms with Gasteiger partial charge in [-0.3, -0.25) is 0 Å². The zero-order valence-corrected chi connectivity index (χ0v) is 15.4. The second-order valence-corrected chi connectivity index (χ2v) is 7.20. The van der Waals surface area contributed by atoms with Crippen LogP contribution >= 0.6 is 52.5 Å². The van der Waals surface area contributed by atoms with Crippen molar-refractivity contribution in [2.75, 3.05) is 41.9 Å². The Labute approximate surface area is 146 Å². The van der Waals surface area contributed by atoms with Gasteiger partial charge in [-0.2, -0.15) is 24.4 Å². The summed E-state index contributed by atoms with van der Waals surface area (Å²) in [4.78, 5) is 2.10. The van der Waals surface area contributed by atoms with Gasteiger partial charge < -0.3 is 18.8 Å². The van der Waals surface area contributed by atoms with E-state index in [9.17, 15) is 0 Å². The summed E-state index contributed by atoms with van der Waals surface area (Å²) >= 11 is 14.8. The lowest BCUT2D eigenvalue weighted by Crippen LogP contribution is -2.28. The van der Waals surface area contributed by atoms with Crippen LogP contribution in [0.3, 0.4) is 0 Å². The van der Waals surface area contributed by atoms with E-state index in [2.05, 4.69) is 33.5 Å². The molecule has 4 nitrogen and oxygen atoms in total. The summed E-state index contributed by atoms with van der Waals surface area (Å²) in [6.45, 7) is 1.78. The second kappa shape index (κ2) is 8.47. The lowest BCUT2D eigenvalue weighted by atomic mass is 10.4. The average molecular weight is 410 g/mol. The van der Waals surface area contributed by atoms with Crippen molar-refractivity contribution in [2.24, 2.45) is 0 Å². The van der Waals surface area contributed by atoms with Crippen LogP contribution in [0.5, 0.6) is 0 Å². The van der Waals surface area contributed by atoms with Gasteiger partial charge in [-0.05, 0) is 15.9 Å². The summed E-state index contributed by atoms with van der Waals surface area (Å²) in [6, 6.07) is 1.81. The topological polar surface area (TPSA) is 49.8 Å². The maximum atomic E-state index is 8.82. The molecule has 0 aliphatic carbocycles. The fourth-order valence-corrected chi connectivity index (χ4v) is 3.37. The molecule has 21 heavy (non-hydrogen) atoms. The SMILES string of the molecule is OCCSCCN(CCS)c1cc(=S)c2occ(Br)c2o1. The van der Waals surface area contributed by atoms with E-state index in [1.165, 1.54) is 0 Å². The zero-order chi connectivity index (χ0) is 15.2. The molecule has 0 aliphatic heterocycles. The van der Waals surface area contributed by atoms with Crippen molar-refractivity contribution >= 4 is 69.6 Å². The first-order chi connectivity index (χ1) is 10.2. The highest BCUT2D eigenvalue weighted by Crippen LogP contribution is 2.31. The molecule has 2 aromatic heterocycles. The van der Waals surface area contributed by atoms with E-state index in [-0.39, 0.29) is 6.61 Å². The molecule has 0 aromatic carbocycles. The van der Waals surface area contributed by atoms with Crippen LogP contribution in [0.1, 0.15) is 0 Å². The number of hydrogen-bond donors (Lipinski definition) is 2. The van der Waals surface area contributed by atoms with Gasteiger partial charge in [-0.1, -0.05) is 12.2 Å². The Bertz CT molecular complexity index is 643. The Hall–Kier alpha value is -0.150. The van der Waals surface area contributed by atoms with Crippen LogP contribution in [0.15, 0.2) is 25.6 Å². The Morgan fingerprint density at radius 3 is 2.86 bits per heavy atom. The molecule has 2 aromatic rings. The molecule has 0 spiro atoms. The standard InChI is InChI=1S/C13H16BrNO3S3/c14-9-8-17-13-10(20)7-11(18-12(9)13)15(1-4-19)2-5-21-6-3-16/h7-8,16,19H,1-6H2. The van der Waals surface area contributed by atoms with Crippen LogP contribution < -0.4 is 4.90 Å². The number of halogens is 1. The van der Waals surface area contributed by atoms with Crippen molar-refractivity contribution < 1.29 is 13.9 Å². The molecule has 0 saturated heterocycles. The molecule has 8 heteroatoms. The molecule has 0 aliphatic rings. The monoisotopic (exact) mass is 409 g/mol. The molecule has 0 amide bonds. The fraction of sp³-hybridized carbons (Fsp3) is 0.462. The van der Waals surface area contributed by atoms with E-state index >= 15 is 0 Å². The van der Waals surface area contributed by atoms with Gasteiger partial charge in [0.05, 0.1) is 15.6 Å². The Kier molecular flexibility index (Phi) is 6.94. The van der Waals surface area contributed by atoms with E-state index in [0.717, 1.165) is 34.8 Å². The molecule has 2 heterocycles. The first kappa shape index (κ1) is 17.2. The number of aliphatic hydroxyl groups is 1. The fourth-order valence-electron chi connectivity index (χ4n) is 1.85. The van der Waals surface area contributed by atoms with Gasteiger partial charge in [0.1, 0.15) is 6.26 Å². The van der Waals surface area contributed by atoms with Gasteiger partial charge in [-0.15, -0.1) is 0 Å². The van der Waals surface area contributed by atoms with E-state index in [4.69, 9.17) is 26.2 Å². The van der Waals surface area contributed by atoms with Crippen molar-refractivity contribution in [1.82, 2.24) is 0 Å². The zero-order valence-electron chi connectivity index (χ0n) is 11.2. The third-order valence-electron chi connectivity index (χ3n) is 2.81. The molecule has 0 radical (unpaired) electrons. The van der Waals surface area contributed by atoms with Crippen molar-refractivity contribution in [1.29, 1.82) is 0 Å². The number of rotatable bonds is 8. The number of nitrogens with zero attached hydrogens (tertiary/aromatic N) is 1. The second-order valence-electron chi connectivity index (χ2n) is 4.24. The van der Waals surface area contributed by atoms with Crippen LogP contribution in [-0.2, 0) is 0 Å². The minimum atomic E-state index is 0.200. The third-order valence-corrected chi connectivity index (χ3v) is 4.80. The van der Waals surface area contributed by atoms with Gasteiger partial charge in [0.25, 0.3) is 0 Å². The quantitative estimate of drug-likeness (QED) is 0.390.